The minimum absolute atomic E-state index is 0.484. The molecule has 0 aromatic rings. The van der Waals surface area contributed by atoms with Crippen LogP contribution >= 0.6 is 0 Å². The van der Waals surface area contributed by atoms with Crippen LogP contribution in [0.4, 0.5) is 0 Å². The van der Waals surface area contributed by atoms with Crippen molar-refractivity contribution < 1.29 is 0 Å². The number of hydrogen-bond acceptors (Lipinski definition) is 2. The molecule has 0 amide bonds. The Morgan fingerprint density at radius 1 is 0.842 bits per heavy atom. The lowest BCUT2D eigenvalue weighted by molar-refractivity contribution is -0.0529. The summed E-state index contributed by atoms with van der Waals surface area (Å²) in [5.74, 6) is 3.27. The standard InChI is InChI=1S/C17H30N2/c18-15-1-3-16(4-2-15)19-11-17-8-12-5-13(9-17)7-14(6-12)10-17/h12-16,19H,1-11,18H2. The van der Waals surface area contributed by atoms with Crippen molar-refractivity contribution in [2.24, 2.45) is 28.9 Å². The molecule has 4 bridgehead atoms. The Kier molecular flexibility index (Phi) is 3.15. The smallest absolute Gasteiger partial charge is 0.00684 e. The highest BCUT2D eigenvalue weighted by atomic mass is 14.9. The van der Waals surface area contributed by atoms with Gasteiger partial charge < -0.3 is 11.1 Å². The summed E-state index contributed by atoms with van der Waals surface area (Å²) in [5, 5.41) is 3.94. The Morgan fingerprint density at radius 3 is 1.89 bits per heavy atom. The van der Waals surface area contributed by atoms with Gasteiger partial charge in [0.15, 0.2) is 0 Å². The number of nitrogens with two attached hydrogens (primary N) is 1. The molecule has 2 nitrogen and oxygen atoms in total. The summed E-state index contributed by atoms with van der Waals surface area (Å²) in [6.07, 6.45) is 14.4. The molecule has 5 aliphatic rings. The highest BCUT2D eigenvalue weighted by Crippen LogP contribution is 2.59. The zero-order chi connectivity index (χ0) is 12.9. The molecule has 2 heteroatoms. The van der Waals surface area contributed by atoms with E-state index >= 15 is 0 Å². The summed E-state index contributed by atoms with van der Waals surface area (Å²) in [4.78, 5) is 0. The van der Waals surface area contributed by atoms with E-state index in [0.717, 1.165) is 23.8 Å². The molecule has 3 N–H and O–H groups in total. The molecule has 0 saturated heterocycles. The first-order valence-corrected chi connectivity index (χ1v) is 8.70. The molecule has 0 atom stereocenters. The van der Waals surface area contributed by atoms with E-state index in [1.54, 1.807) is 38.5 Å². The van der Waals surface area contributed by atoms with Crippen LogP contribution in [0.5, 0.6) is 0 Å². The van der Waals surface area contributed by atoms with Gasteiger partial charge in [0.05, 0.1) is 0 Å². The summed E-state index contributed by atoms with van der Waals surface area (Å²) < 4.78 is 0. The van der Waals surface area contributed by atoms with Crippen LogP contribution in [0.3, 0.4) is 0 Å². The zero-order valence-electron chi connectivity index (χ0n) is 12.2. The number of nitrogens with one attached hydrogen (secondary N) is 1. The lowest BCUT2D eigenvalue weighted by Gasteiger charge is -2.57. The van der Waals surface area contributed by atoms with Gasteiger partial charge in [0.2, 0.25) is 0 Å². The fourth-order valence-corrected chi connectivity index (χ4v) is 6.19. The van der Waals surface area contributed by atoms with Crippen molar-refractivity contribution in [3.05, 3.63) is 0 Å². The van der Waals surface area contributed by atoms with Crippen LogP contribution in [0.2, 0.25) is 0 Å². The topological polar surface area (TPSA) is 38.0 Å². The van der Waals surface area contributed by atoms with Crippen LogP contribution in [0, 0.1) is 23.2 Å². The Balaban J connectivity index is 1.35. The second kappa shape index (κ2) is 4.73. The van der Waals surface area contributed by atoms with Crippen LogP contribution in [0.15, 0.2) is 0 Å². The molecule has 0 heterocycles. The fraction of sp³-hybridized carbons (Fsp3) is 1.00. The molecule has 5 saturated carbocycles. The number of rotatable bonds is 3. The van der Waals surface area contributed by atoms with Gasteiger partial charge in [0.25, 0.3) is 0 Å². The lowest BCUT2D eigenvalue weighted by atomic mass is 9.49. The van der Waals surface area contributed by atoms with Crippen LogP contribution < -0.4 is 11.1 Å². The highest BCUT2D eigenvalue weighted by molar-refractivity contribution is 5.02. The van der Waals surface area contributed by atoms with Crippen LogP contribution in [0.1, 0.15) is 64.2 Å². The quantitative estimate of drug-likeness (QED) is 0.820. The van der Waals surface area contributed by atoms with E-state index in [9.17, 15) is 0 Å². The van der Waals surface area contributed by atoms with Gasteiger partial charge in [-0.25, -0.2) is 0 Å². The van der Waals surface area contributed by atoms with Gasteiger partial charge in [-0.15, -0.1) is 0 Å². The van der Waals surface area contributed by atoms with E-state index < -0.39 is 0 Å². The summed E-state index contributed by atoms with van der Waals surface area (Å²) in [6, 6.07) is 1.26. The molecule has 0 aliphatic heterocycles. The largest absolute Gasteiger partial charge is 0.328 e. The Hall–Kier alpha value is -0.0800. The molecular formula is C17H30N2. The predicted octanol–water partition coefficient (Wildman–Crippen LogP) is 3.06. The summed E-state index contributed by atoms with van der Waals surface area (Å²) >= 11 is 0. The molecule has 0 spiro atoms. The van der Waals surface area contributed by atoms with Gasteiger partial charge in [0, 0.05) is 18.6 Å². The Bertz CT molecular complexity index is 295. The normalized spacial score (nSPS) is 52.6. The third-order valence-electron chi connectivity index (χ3n) is 6.70. The molecule has 0 unspecified atom stereocenters. The van der Waals surface area contributed by atoms with Gasteiger partial charge in [-0.1, -0.05) is 0 Å². The summed E-state index contributed by atoms with van der Waals surface area (Å²) in [5.41, 5.74) is 6.71. The van der Waals surface area contributed by atoms with E-state index in [0.29, 0.717) is 11.5 Å². The summed E-state index contributed by atoms with van der Waals surface area (Å²) in [7, 11) is 0. The van der Waals surface area contributed by atoms with E-state index in [1.807, 2.05) is 0 Å². The first kappa shape index (κ1) is 12.6. The van der Waals surface area contributed by atoms with Crippen molar-refractivity contribution in [3.63, 3.8) is 0 Å². The third-order valence-corrected chi connectivity index (χ3v) is 6.70. The minimum Gasteiger partial charge on any atom is -0.328 e. The van der Waals surface area contributed by atoms with Gasteiger partial charge in [-0.2, -0.15) is 0 Å². The fourth-order valence-electron chi connectivity index (χ4n) is 6.19. The molecule has 0 aromatic heterocycles. The van der Waals surface area contributed by atoms with E-state index in [-0.39, 0.29) is 0 Å². The van der Waals surface area contributed by atoms with Crippen LogP contribution in [0.25, 0.3) is 0 Å². The van der Waals surface area contributed by atoms with Crippen LogP contribution in [-0.2, 0) is 0 Å². The zero-order valence-corrected chi connectivity index (χ0v) is 12.2. The Morgan fingerprint density at radius 2 is 1.37 bits per heavy atom. The van der Waals surface area contributed by atoms with Gasteiger partial charge in [-0.05, 0) is 87.4 Å². The molecule has 19 heavy (non-hydrogen) atoms. The van der Waals surface area contributed by atoms with Gasteiger partial charge in [-0.3, -0.25) is 0 Å². The molecule has 0 aromatic carbocycles. The second-order valence-electron chi connectivity index (χ2n) is 8.41. The predicted molar refractivity (Wildman–Crippen MR) is 78.8 cm³/mol. The second-order valence-corrected chi connectivity index (χ2v) is 8.41. The van der Waals surface area contributed by atoms with Crippen molar-refractivity contribution in [2.45, 2.75) is 76.3 Å². The monoisotopic (exact) mass is 262 g/mol. The van der Waals surface area contributed by atoms with Gasteiger partial charge in [0.1, 0.15) is 0 Å². The first-order chi connectivity index (χ1) is 9.21. The van der Waals surface area contributed by atoms with E-state index in [4.69, 9.17) is 5.73 Å². The average Bonchev–Trinajstić information content (AvgIpc) is 2.36. The minimum atomic E-state index is 0.484. The highest BCUT2D eigenvalue weighted by Gasteiger charge is 2.50. The molecular weight excluding hydrogens is 232 g/mol. The Labute approximate surface area is 117 Å². The van der Waals surface area contributed by atoms with Crippen molar-refractivity contribution in [3.8, 4) is 0 Å². The molecule has 5 fully saturated rings. The maximum Gasteiger partial charge on any atom is 0.00684 e. The average molecular weight is 262 g/mol. The number of hydrogen-bond donors (Lipinski definition) is 2. The maximum atomic E-state index is 6.01. The lowest BCUT2D eigenvalue weighted by Crippen LogP contribution is -2.52. The van der Waals surface area contributed by atoms with E-state index in [1.165, 1.54) is 32.2 Å². The van der Waals surface area contributed by atoms with Gasteiger partial charge >= 0.3 is 0 Å². The van der Waals surface area contributed by atoms with Crippen LogP contribution in [-0.4, -0.2) is 18.6 Å². The SMILES string of the molecule is NC1CCC(NCC23CC4CC(CC(C4)C2)C3)CC1. The molecule has 5 aliphatic carbocycles. The first-order valence-electron chi connectivity index (χ1n) is 8.70. The molecule has 108 valence electrons. The van der Waals surface area contributed by atoms with Crippen molar-refractivity contribution in [2.75, 3.05) is 6.54 Å². The molecule has 0 radical (unpaired) electrons. The van der Waals surface area contributed by atoms with Crippen molar-refractivity contribution in [1.82, 2.24) is 5.32 Å². The summed E-state index contributed by atoms with van der Waals surface area (Å²) in [6.45, 7) is 1.32. The van der Waals surface area contributed by atoms with E-state index in [2.05, 4.69) is 5.32 Å². The van der Waals surface area contributed by atoms with Crippen molar-refractivity contribution >= 4 is 0 Å². The maximum absolute atomic E-state index is 6.01. The van der Waals surface area contributed by atoms with Crippen molar-refractivity contribution in [1.29, 1.82) is 0 Å². The molecule has 5 rings (SSSR count). The third kappa shape index (κ3) is 2.47.